The molecule has 160 valence electrons. The topological polar surface area (TPSA) is 91.8 Å². The van der Waals surface area contributed by atoms with Crippen LogP contribution >= 0.6 is 0 Å². The van der Waals surface area contributed by atoms with Gasteiger partial charge in [0.2, 0.25) is 11.1 Å². The number of phenols is 1. The molecule has 7 heteroatoms. The fourth-order valence-electron chi connectivity index (χ4n) is 3.72. The Labute approximate surface area is 186 Å². The van der Waals surface area contributed by atoms with E-state index in [1.54, 1.807) is 36.4 Å². The molecular weight excluding hydrogens is 424 g/mol. The zero-order chi connectivity index (χ0) is 22.9. The summed E-state index contributed by atoms with van der Waals surface area (Å²) in [6, 6.07) is 24.4. The molecule has 0 spiro atoms. The van der Waals surface area contributed by atoms with Gasteiger partial charge in [0.15, 0.2) is 4.98 Å². The standard InChI is InChI=1S/C25H20N2O4S/c1-25(2,17-8-4-3-5-9-17)18-12-14-19(15-13-18)31-32(29,30)23-16-22(27-26)24(28)21-11-7-6-10-20(21)23/h3-16H,1-2H3/p+1. The second kappa shape index (κ2) is 7.98. The zero-order valence-corrected chi connectivity index (χ0v) is 18.4. The first-order valence-corrected chi connectivity index (χ1v) is 11.4. The third kappa shape index (κ3) is 3.77. The van der Waals surface area contributed by atoms with Gasteiger partial charge in [0.1, 0.15) is 10.6 Å². The van der Waals surface area contributed by atoms with Gasteiger partial charge in [0, 0.05) is 16.2 Å². The molecule has 0 radical (unpaired) electrons. The van der Waals surface area contributed by atoms with Crippen LogP contribution in [0.1, 0.15) is 25.0 Å². The molecule has 0 aliphatic rings. The van der Waals surface area contributed by atoms with Crippen molar-refractivity contribution in [1.29, 1.82) is 5.39 Å². The molecule has 32 heavy (non-hydrogen) atoms. The highest BCUT2D eigenvalue weighted by molar-refractivity contribution is 7.87. The first-order chi connectivity index (χ1) is 15.2. The largest absolute Gasteiger partial charge is 0.501 e. The minimum atomic E-state index is -4.27. The maximum Gasteiger partial charge on any atom is 0.428 e. The van der Waals surface area contributed by atoms with Crippen molar-refractivity contribution >= 4 is 26.6 Å². The SMILES string of the molecule is CC(C)(c1ccccc1)c1ccc(OS(=O)(=O)c2cc([N+]#N)c(O)c3ccccc23)cc1. The quantitative estimate of drug-likeness (QED) is 0.295. The first kappa shape index (κ1) is 21.3. The predicted molar refractivity (Wildman–Crippen MR) is 123 cm³/mol. The Morgan fingerprint density at radius 1 is 0.844 bits per heavy atom. The monoisotopic (exact) mass is 445 g/mol. The number of diazo groups is 1. The molecule has 0 aromatic heterocycles. The Bertz CT molecular complexity index is 1440. The Hall–Kier alpha value is -3.89. The molecular formula is C25H21N2O4S+. The number of rotatable bonds is 5. The van der Waals surface area contributed by atoms with Crippen LogP contribution in [0.15, 0.2) is 89.8 Å². The molecule has 0 aliphatic carbocycles. The second-order valence-corrected chi connectivity index (χ2v) is 9.46. The van der Waals surface area contributed by atoms with Crippen LogP contribution in [0, 0.1) is 5.39 Å². The van der Waals surface area contributed by atoms with Crippen molar-refractivity contribution in [3.05, 3.63) is 101 Å². The number of hydrogen-bond donors (Lipinski definition) is 1. The molecule has 1 N–H and O–H groups in total. The van der Waals surface area contributed by atoms with Gasteiger partial charge in [0.25, 0.3) is 0 Å². The van der Waals surface area contributed by atoms with Gasteiger partial charge in [-0.05, 0) is 23.3 Å². The maximum absolute atomic E-state index is 13.1. The molecule has 0 atom stereocenters. The van der Waals surface area contributed by atoms with Gasteiger partial charge in [-0.15, -0.1) is 0 Å². The highest BCUT2D eigenvalue weighted by atomic mass is 32.2. The van der Waals surface area contributed by atoms with Crippen LogP contribution in [0.3, 0.4) is 0 Å². The van der Waals surface area contributed by atoms with E-state index < -0.39 is 10.1 Å². The molecule has 0 unspecified atom stereocenters. The van der Waals surface area contributed by atoms with E-state index in [1.165, 1.54) is 0 Å². The lowest BCUT2D eigenvalue weighted by atomic mass is 9.78. The lowest BCUT2D eigenvalue weighted by Gasteiger charge is -2.26. The molecule has 0 bridgehead atoms. The fourth-order valence-corrected chi connectivity index (χ4v) is 4.87. The van der Waals surface area contributed by atoms with Crippen molar-refractivity contribution in [2.24, 2.45) is 0 Å². The number of aromatic hydroxyl groups is 1. The summed E-state index contributed by atoms with van der Waals surface area (Å²) in [5.74, 6) is -0.160. The zero-order valence-electron chi connectivity index (χ0n) is 17.6. The summed E-state index contributed by atoms with van der Waals surface area (Å²) in [5, 5.41) is 19.9. The van der Waals surface area contributed by atoms with Crippen LogP contribution < -0.4 is 4.18 Å². The van der Waals surface area contributed by atoms with E-state index in [1.807, 2.05) is 30.3 Å². The molecule has 0 saturated heterocycles. The number of nitrogens with zero attached hydrogens (tertiary/aromatic N) is 2. The van der Waals surface area contributed by atoms with Gasteiger partial charge < -0.3 is 9.29 Å². The van der Waals surface area contributed by atoms with Crippen LogP contribution in [0.2, 0.25) is 0 Å². The number of benzene rings is 4. The maximum atomic E-state index is 13.1. The van der Waals surface area contributed by atoms with E-state index in [9.17, 15) is 18.9 Å². The highest BCUT2D eigenvalue weighted by Crippen LogP contribution is 2.40. The summed E-state index contributed by atoms with van der Waals surface area (Å²) >= 11 is 0. The molecule has 4 aromatic carbocycles. The van der Waals surface area contributed by atoms with E-state index in [4.69, 9.17) is 4.18 Å². The number of hydrogen-bond acceptors (Lipinski definition) is 5. The van der Waals surface area contributed by atoms with Gasteiger partial charge in [-0.25, -0.2) is 0 Å². The van der Waals surface area contributed by atoms with Crippen LogP contribution in [0.5, 0.6) is 11.5 Å². The normalized spacial score (nSPS) is 11.8. The predicted octanol–water partition coefficient (Wildman–Crippen LogP) is 6.12. The lowest BCUT2D eigenvalue weighted by molar-refractivity contribution is 0.482. The number of phenolic OH excluding ortho intramolecular Hbond substituents is 1. The van der Waals surface area contributed by atoms with Crippen molar-refractivity contribution in [2.75, 3.05) is 0 Å². The lowest BCUT2D eigenvalue weighted by Crippen LogP contribution is -2.18. The average molecular weight is 446 g/mol. The average Bonchev–Trinajstić information content (AvgIpc) is 2.80. The smallest absolute Gasteiger partial charge is 0.428 e. The van der Waals surface area contributed by atoms with E-state index >= 15 is 0 Å². The van der Waals surface area contributed by atoms with Gasteiger partial charge in [-0.1, -0.05) is 80.6 Å². The van der Waals surface area contributed by atoms with Gasteiger partial charge in [-0.2, -0.15) is 8.42 Å². The second-order valence-electron chi connectivity index (χ2n) is 7.94. The molecule has 0 fully saturated rings. The molecule has 0 heterocycles. The van der Waals surface area contributed by atoms with Gasteiger partial charge in [-0.3, -0.25) is 0 Å². The molecule has 4 rings (SSSR count). The number of fused-ring (bicyclic) bond motifs is 1. The molecule has 0 amide bonds. The Balaban J connectivity index is 1.70. The Kier molecular flexibility index (Phi) is 5.33. The van der Waals surface area contributed by atoms with Crippen LogP contribution in [0.25, 0.3) is 15.7 Å². The van der Waals surface area contributed by atoms with E-state index in [0.717, 1.165) is 17.2 Å². The van der Waals surface area contributed by atoms with Crippen molar-refractivity contribution in [2.45, 2.75) is 24.2 Å². The molecule has 0 aliphatic heterocycles. The van der Waals surface area contributed by atoms with Crippen molar-refractivity contribution in [3.63, 3.8) is 0 Å². The first-order valence-electron chi connectivity index (χ1n) is 9.94. The summed E-state index contributed by atoms with van der Waals surface area (Å²) in [7, 11) is -4.27. The van der Waals surface area contributed by atoms with Gasteiger partial charge in [0.05, 0.1) is 6.07 Å². The van der Waals surface area contributed by atoms with Crippen molar-refractivity contribution in [3.8, 4) is 11.5 Å². The Morgan fingerprint density at radius 2 is 1.41 bits per heavy atom. The van der Waals surface area contributed by atoms with Crippen LogP contribution in [-0.4, -0.2) is 13.5 Å². The highest BCUT2D eigenvalue weighted by Gasteiger charge is 2.28. The van der Waals surface area contributed by atoms with Crippen LogP contribution in [-0.2, 0) is 15.5 Å². The van der Waals surface area contributed by atoms with E-state index in [-0.39, 0.29) is 38.3 Å². The fraction of sp³-hybridized carbons (Fsp3) is 0.120. The summed E-state index contributed by atoms with van der Waals surface area (Å²) in [4.78, 5) is 2.80. The third-order valence-corrected chi connectivity index (χ3v) is 6.90. The summed E-state index contributed by atoms with van der Waals surface area (Å²) in [6.07, 6.45) is 0. The van der Waals surface area contributed by atoms with E-state index in [0.29, 0.717) is 0 Å². The molecule has 6 nitrogen and oxygen atoms in total. The summed E-state index contributed by atoms with van der Waals surface area (Å²) in [5.41, 5.74) is 1.61. The van der Waals surface area contributed by atoms with Crippen molar-refractivity contribution in [1.82, 2.24) is 0 Å². The summed E-state index contributed by atoms with van der Waals surface area (Å²) < 4.78 is 31.5. The minimum absolute atomic E-state index is 0.150. The Morgan fingerprint density at radius 3 is 2.03 bits per heavy atom. The van der Waals surface area contributed by atoms with E-state index in [2.05, 4.69) is 31.0 Å². The van der Waals surface area contributed by atoms with Crippen molar-refractivity contribution < 1.29 is 17.7 Å². The molecule has 0 saturated carbocycles. The third-order valence-electron chi connectivity index (χ3n) is 5.61. The van der Waals surface area contributed by atoms with Crippen LogP contribution in [0.4, 0.5) is 5.69 Å². The minimum Gasteiger partial charge on any atom is -0.501 e. The van der Waals surface area contributed by atoms with Gasteiger partial charge >= 0.3 is 15.8 Å². The summed E-state index contributed by atoms with van der Waals surface area (Å²) in [6.45, 7) is 4.19. The molecule has 4 aromatic rings.